The Hall–Kier alpha value is -1.12. The molecular formula is C5H8N2O3. The van der Waals surface area contributed by atoms with Gasteiger partial charge in [-0.15, -0.1) is 0 Å². The van der Waals surface area contributed by atoms with Crippen LogP contribution in [0.2, 0.25) is 0 Å². The van der Waals surface area contributed by atoms with Gasteiger partial charge in [0.15, 0.2) is 0 Å². The van der Waals surface area contributed by atoms with Crippen LogP contribution >= 0.6 is 0 Å². The van der Waals surface area contributed by atoms with E-state index in [0.29, 0.717) is 0 Å². The van der Waals surface area contributed by atoms with E-state index in [0.717, 1.165) is 0 Å². The van der Waals surface area contributed by atoms with E-state index in [-0.39, 0.29) is 5.71 Å². The lowest BCUT2D eigenvalue weighted by Gasteiger charge is -2.08. The predicted molar refractivity (Wildman–Crippen MR) is 32.6 cm³/mol. The van der Waals surface area contributed by atoms with Crippen molar-refractivity contribution in [2.45, 2.75) is 6.29 Å². The maximum Gasteiger partial charge on any atom is 0.214 e. The van der Waals surface area contributed by atoms with Gasteiger partial charge >= 0.3 is 0 Å². The number of nitriles is 1. The number of rotatable bonds is 3. The minimum absolute atomic E-state index is 0.204. The first-order valence-electron chi connectivity index (χ1n) is 2.47. The number of ether oxygens (including phenoxy) is 2. The Balaban J connectivity index is 4.14. The van der Waals surface area contributed by atoms with Crippen molar-refractivity contribution in [3.05, 3.63) is 0 Å². The normalized spacial score (nSPS) is 11.6. The molecule has 0 spiro atoms. The predicted octanol–water partition coefficient (Wildman–Crippen LogP) is -0.0409. The molecule has 0 saturated heterocycles. The molecule has 0 aliphatic rings. The first-order valence-corrected chi connectivity index (χ1v) is 2.47. The summed E-state index contributed by atoms with van der Waals surface area (Å²) in [7, 11) is 2.69. The Morgan fingerprint density at radius 2 is 2.10 bits per heavy atom. The average molecular weight is 144 g/mol. The Kier molecular flexibility index (Phi) is 4.20. The van der Waals surface area contributed by atoms with Crippen LogP contribution in [0.15, 0.2) is 5.16 Å². The van der Waals surface area contributed by atoms with Crippen LogP contribution in [0.5, 0.6) is 0 Å². The van der Waals surface area contributed by atoms with E-state index in [1.807, 2.05) is 0 Å². The zero-order valence-corrected chi connectivity index (χ0v) is 5.74. The van der Waals surface area contributed by atoms with Crippen molar-refractivity contribution >= 4 is 5.71 Å². The van der Waals surface area contributed by atoms with Crippen LogP contribution in [-0.2, 0) is 9.47 Å². The first-order chi connectivity index (χ1) is 4.79. The highest BCUT2D eigenvalue weighted by Gasteiger charge is 2.13. The monoisotopic (exact) mass is 144 g/mol. The zero-order chi connectivity index (χ0) is 7.98. The molecule has 0 aromatic carbocycles. The van der Waals surface area contributed by atoms with Crippen molar-refractivity contribution in [1.82, 2.24) is 0 Å². The summed E-state index contributed by atoms with van der Waals surface area (Å²) in [5, 5.41) is 19.1. The third kappa shape index (κ3) is 2.01. The molecule has 0 unspecified atom stereocenters. The summed E-state index contributed by atoms with van der Waals surface area (Å²) < 4.78 is 9.22. The summed E-state index contributed by atoms with van der Waals surface area (Å²) in [5.74, 6) is 0. The van der Waals surface area contributed by atoms with Crippen molar-refractivity contribution in [2.75, 3.05) is 14.2 Å². The molecular weight excluding hydrogens is 136 g/mol. The Morgan fingerprint density at radius 3 is 2.20 bits per heavy atom. The number of methoxy groups -OCH3 is 2. The second-order valence-electron chi connectivity index (χ2n) is 1.40. The summed E-state index contributed by atoms with van der Waals surface area (Å²) in [4.78, 5) is 0. The molecule has 0 aromatic heterocycles. The van der Waals surface area contributed by atoms with E-state index < -0.39 is 6.29 Å². The maximum absolute atomic E-state index is 8.26. The molecule has 10 heavy (non-hydrogen) atoms. The fraction of sp³-hybridized carbons (Fsp3) is 0.600. The average Bonchev–Trinajstić information content (AvgIpc) is 2.00. The number of hydrogen-bond donors (Lipinski definition) is 1. The van der Waals surface area contributed by atoms with Crippen LogP contribution in [0.4, 0.5) is 0 Å². The fourth-order valence-corrected chi connectivity index (χ4v) is 0.442. The van der Waals surface area contributed by atoms with E-state index in [9.17, 15) is 0 Å². The van der Waals surface area contributed by atoms with Gasteiger partial charge in [-0.05, 0) is 0 Å². The molecule has 0 amide bonds. The summed E-state index contributed by atoms with van der Waals surface area (Å²) in [6, 6.07) is 1.60. The van der Waals surface area contributed by atoms with Crippen LogP contribution in [-0.4, -0.2) is 31.4 Å². The summed E-state index contributed by atoms with van der Waals surface area (Å²) in [6.07, 6.45) is -0.880. The molecule has 0 heterocycles. The van der Waals surface area contributed by atoms with Gasteiger partial charge in [-0.1, -0.05) is 5.16 Å². The third-order valence-corrected chi connectivity index (χ3v) is 0.874. The summed E-state index contributed by atoms with van der Waals surface area (Å²) in [5.41, 5.74) is -0.204. The third-order valence-electron chi connectivity index (χ3n) is 0.874. The highest BCUT2D eigenvalue weighted by atomic mass is 16.7. The van der Waals surface area contributed by atoms with Crippen LogP contribution in [0.25, 0.3) is 0 Å². The van der Waals surface area contributed by atoms with E-state index in [2.05, 4.69) is 14.6 Å². The lowest BCUT2D eigenvalue weighted by Crippen LogP contribution is -2.23. The number of hydrogen-bond acceptors (Lipinski definition) is 5. The molecule has 0 atom stereocenters. The van der Waals surface area contributed by atoms with E-state index in [1.54, 1.807) is 6.07 Å². The Bertz CT molecular complexity index is 157. The molecule has 0 aliphatic heterocycles. The summed E-state index contributed by atoms with van der Waals surface area (Å²) in [6.45, 7) is 0. The van der Waals surface area contributed by atoms with Crippen molar-refractivity contribution < 1.29 is 14.7 Å². The summed E-state index contributed by atoms with van der Waals surface area (Å²) >= 11 is 0. The Morgan fingerprint density at radius 1 is 1.60 bits per heavy atom. The van der Waals surface area contributed by atoms with Crippen molar-refractivity contribution in [1.29, 1.82) is 5.26 Å². The molecule has 5 nitrogen and oxygen atoms in total. The molecule has 0 radical (unpaired) electrons. The van der Waals surface area contributed by atoms with Crippen molar-refractivity contribution in [2.24, 2.45) is 5.16 Å². The second kappa shape index (κ2) is 4.73. The highest BCUT2D eigenvalue weighted by Crippen LogP contribution is 1.93. The standard InChI is InChI=1S/C5H8N2O3/c1-9-5(10-2)4(3-6)7-8/h5,8H,1-2H3/b7-4+. The van der Waals surface area contributed by atoms with Gasteiger partial charge in [0.25, 0.3) is 0 Å². The minimum atomic E-state index is -0.880. The molecule has 1 N–H and O–H groups in total. The molecule has 0 saturated carbocycles. The molecule has 0 aliphatic carbocycles. The van der Waals surface area contributed by atoms with Crippen molar-refractivity contribution in [3.63, 3.8) is 0 Å². The van der Waals surface area contributed by atoms with Gasteiger partial charge in [0, 0.05) is 14.2 Å². The molecule has 56 valence electrons. The lowest BCUT2D eigenvalue weighted by atomic mass is 10.4. The van der Waals surface area contributed by atoms with Crippen LogP contribution < -0.4 is 0 Å². The van der Waals surface area contributed by atoms with Gasteiger partial charge in [0.2, 0.25) is 12.0 Å². The topological polar surface area (TPSA) is 74.8 Å². The first kappa shape index (κ1) is 8.88. The largest absolute Gasteiger partial charge is 0.410 e. The molecule has 0 rings (SSSR count). The highest BCUT2D eigenvalue weighted by molar-refractivity contribution is 6.00. The van der Waals surface area contributed by atoms with Crippen LogP contribution in [0.1, 0.15) is 0 Å². The lowest BCUT2D eigenvalue weighted by molar-refractivity contribution is -0.0524. The molecule has 0 aromatic rings. The number of oxime groups is 1. The fourth-order valence-electron chi connectivity index (χ4n) is 0.442. The molecule has 0 fully saturated rings. The van der Waals surface area contributed by atoms with E-state index >= 15 is 0 Å². The second-order valence-corrected chi connectivity index (χ2v) is 1.40. The molecule has 0 bridgehead atoms. The van der Waals surface area contributed by atoms with E-state index in [1.165, 1.54) is 14.2 Å². The van der Waals surface area contributed by atoms with Gasteiger partial charge in [-0.25, -0.2) is 0 Å². The van der Waals surface area contributed by atoms with Crippen LogP contribution in [0, 0.1) is 11.3 Å². The maximum atomic E-state index is 8.26. The number of nitrogens with zero attached hydrogens (tertiary/aromatic N) is 2. The zero-order valence-electron chi connectivity index (χ0n) is 5.74. The van der Waals surface area contributed by atoms with Gasteiger partial charge < -0.3 is 14.7 Å². The van der Waals surface area contributed by atoms with Gasteiger partial charge in [-0.3, -0.25) is 0 Å². The van der Waals surface area contributed by atoms with E-state index in [4.69, 9.17) is 10.5 Å². The SMILES string of the molecule is COC(OC)/C(C#N)=N/O. The Labute approximate surface area is 58.5 Å². The quantitative estimate of drug-likeness (QED) is 0.261. The van der Waals surface area contributed by atoms with Crippen LogP contribution in [0.3, 0.4) is 0 Å². The van der Waals surface area contributed by atoms with Gasteiger partial charge in [0.1, 0.15) is 6.07 Å². The van der Waals surface area contributed by atoms with Gasteiger partial charge in [0.05, 0.1) is 0 Å². The molecule has 5 heteroatoms. The smallest absolute Gasteiger partial charge is 0.214 e. The minimum Gasteiger partial charge on any atom is -0.410 e. The van der Waals surface area contributed by atoms with Gasteiger partial charge in [-0.2, -0.15) is 5.26 Å². The van der Waals surface area contributed by atoms with Crippen molar-refractivity contribution in [3.8, 4) is 6.07 Å².